The SMILES string of the molecule is CC1CC(Oc2cnc(CNC(C)(C)C)cn2)CC(C)O1. The lowest BCUT2D eigenvalue weighted by Crippen LogP contribution is -2.36. The van der Waals surface area contributed by atoms with E-state index in [0.29, 0.717) is 12.4 Å². The maximum absolute atomic E-state index is 5.92. The van der Waals surface area contributed by atoms with Gasteiger partial charge in [0.2, 0.25) is 5.88 Å². The van der Waals surface area contributed by atoms with Gasteiger partial charge in [0.05, 0.1) is 30.3 Å². The molecule has 0 amide bonds. The number of nitrogens with one attached hydrogen (secondary N) is 1. The predicted molar refractivity (Wildman–Crippen MR) is 82.3 cm³/mol. The maximum Gasteiger partial charge on any atom is 0.232 e. The van der Waals surface area contributed by atoms with Gasteiger partial charge in [0.25, 0.3) is 0 Å². The average molecular weight is 293 g/mol. The molecule has 0 aliphatic carbocycles. The highest BCUT2D eigenvalue weighted by atomic mass is 16.5. The smallest absolute Gasteiger partial charge is 0.232 e. The summed E-state index contributed by atoms with van der Waals surface area (Å²) in [6.07, 6.45) is 5.93. The number of rotatable bonds is 4. The number of aromatic nitrogens is 2. The monoisotopic (exact) mass is 293 g/mol. The summed E-state index contributed by atoms with van der Waals surface area (Å²) in [5, 5.41) is 3.39. The van der Waals surface area contributed by atoms with Crippen LogP contribution < -0.4 is 10.1 Å². The lowest BCUT2D eigenvalue weighted by Gasteiger charge is -2.31. The summed E-state index contributed by atoms with van der Waals surface area (Å²) < 4.78 is 11.6. The molecule has 1 aromatic rings. The molecule has 5 heteroatoms. The molecule has 0 bridgehead atoms. The van der Waals surface area contributed by atoms with Gasteiger partial charge in [0.15, 0.2) is 0 Å². The summed E-state index contributed by atoms with van der Waals surface area (Å²) >= 11 is 0. The van der Waals surface area contributed by atoms with Crippen molar-refractivity contribution in [3.63, 3.8) is 0 Å². The molecule has 2 atom stereocenters. The van der Waals surface area contributed by atoms with Crippen molar-refractivity contribution in [2.24, 2.45) is 0 Å². The molecule has 1 fully saturated rings. The van der Waals surface area contributed by atoms with E-state index in [1.54, 1.807) is 12.4 Å². The molecule has 2 rings (SSSR count). The molecule has 21 heavy (non-hydrogen) atoms. The van der Waals surface area contributed by atoms with Crippen LogP contribution in [0.25, 0.3) is 0 Å². The van der Waals surface area contributed by atoms with Gasteiger partial charge < -0.3 is 14.8 Å². The van der Waals surface area contributed by atoms with E-state index in [-0.39, 0.29) is 23.9 Å². The summed E-state index contributed by atoms with van der Waals surface area (Å²) in [6.45, 7) is 11.3. The molecule has 118 valence electrons. The molecule has 2 unspecified atom stereocenters. The third-order valence-electron chi connectivity index (χ3n) is 3.42. The van der Waals surface area contributed by atoms with Gasteiger partial charge in [-0.25, -0.2) is 4.98 Å². The Hall–Kier alpha value is -1.20. The van der Waals surface area contributed by atoms with Crippen molar-refractivity contribution in [1.82, 2.24) is 15.3 Å². The number of hydrogen-bond acceptors (Lipinski definition) is 5. The zero-order chi connectivity index (χ0) is 15.5. The Kier molecular flexibility index (Phi) is 5.17. The van der Waals surface area contributed by atoms with Crippen molar-refractivity contribution in [2.75, 3.05) is 0 Å². The molecule has 1 aromatic heterocycles. The first-order valence-corrected chi connectivity index (χ1v) is 7.70. The van der Waals surface area contributed by atoms with E-state index in [9.17, 15) is 0 Å². The Bertz CT molecular complexity index is 432. The van der Waals surface area contributed by atoms with Crippen LogP contribution >= 0.6 is 0 Å². The zero-order valence-corrected chi connectivity index (χ0v) is 13.7. The van der Waals surface area contributed by atoms with Gasteiger partial charge in [-0.15, -0.1) is 0 Å². The molecule has 0 radical (unpaired) electrons. The average Bonchev–Trinajstić information content (AvgIpc) is 2.36. The second-order valence-corrected chi connectivity index (χ2v) is 6.92. The zero-order valence-electron chi connectivity index (χ0n) is 13.7. The lowest BCUT2D eigenvalue weighted by molar-refractivity contribution is -0.0730. The summed E-state index contributed by atoms with van der Waals surface area (Å²) in [6, 6.07) is 0. The van der Waals surface area contributed by atoms with Crippen LogP contribution in [0.15, 0.2) is 12.4 Å². The highest BCUT2D eigenvalue weighted by Crippen LogP contribution is 2.22. The van der Waals surface area contributed by atoms with Gasteiger partial charge in [-0.2, -0.15) is 0 Å². The minimum Gasteiger partial charge on any atom is -0.473 e. The standard InChI is InChI=1S/C16H27N3O2/c1-11-6-14(7-12(2)20-11)21-15-10-17-13(8-18-15)9-19-16(3,4)5/h8,10-12,14,19H,6-7,9H2,1-5H3. The summed E-state index contributed by atoms with van der Waals surface area (Å²) in [5.74, 6) is 0.598. The van der Waals surface area contributed by atoms with Crippen LogP contribution in [0.4, 0.5) is 0 Å². The molecule has 0 aromatic carbocycles. The van der Waals surface area contributed by atoms with E-state index < -0.39 is 0 Å². The Morgan fingerprint density at radius 2 is 1.86 bits per heavy atom. The first kappa shape index (κ1) is 16.2. The molecule has 5 nitrogen and oxygen atoms in total. The van der Waals surface area contributed by atoms with Gasteiger partial charge >= 0.3 is 0 Å². The quantitative estimate of drug-likeness (QED) is 0.925. The fraction of sp³-hybridized carbons (Fsp3) is 0.750. The van der Waals surface area contributed by atoms with Crippen LogP contribution in [0.5, 0.6) is 5.88 Å². The van der Waals surface area contributed by atoms with Crippen molar-refractivity contribution in [1.29, 1.82) is 0 Å². The van der Waals surface area contributed by atoms with Crippen LogP contribution in [0.2, 0.25) is 0 Å². The summed E-state index contributed by atoms with van der Waals surface area (Å²) in [5.41, 5.74) is 0.997. The van der Waals surface area contributed by atoms with E-state index in [0.717, 1.165) is 18.5 Å². The van der Waals surface area contributed by atoms with E-state index in [1.807, 2.05) is 0 Å². The van der Waals surface area contributed by atoms with Crippen LogP contribution in [-0.2, 0) is 11.3 Å². The Balaban J connectivity index is 1.87. The summed E-state index contributed by atoms with van der Waals surface area (Å²) in [7, 11) is 0. The third-order valence-corrected chi connectivity index (χ3v) is 3.42. The van der Waals surface area contributed by atoms with Gasteiger partial charge in [-0.3, -0.25) is 4.98 Å². The van der Waals surface area contributed by atoms with Gasteiger partial charge in [0.1, 0.15) is 6.10 Å². The highest BCUT2D eigenvalue weighted by molar-refractivity contribution is 5.08. The normalized spacial score (nSPS) is 26.6. The molecule has 0 spiro atoms. The fourth-order valence-electron chi connectivity index (χ4n) is 2.46. The molecule has 1 saturated heterocycles. The second-order valence-electron chi connectivity index (χ2n) is 6.92. The first-order valence-electron chi connectivity index (χ1n) is 7.70. The largest absolute Gasteiger partial charge is 0.473 e. The minimum absolute atomic E-state index is 0.0746. The molecule has 0 saturated carbocycles. The van der Waals surface area contributed by atoms with Crippen molar-refractivity contribution in [3.05, 3.63) is 18.1 Å². The van der Waals surface area contributed by atoms with E-state index in [1.165, 1.54) is 0 Å². The molecule has 1 N–H and O–H groups in total. The fourth-order valence-corrected chi connectivity index (χ4v) is 2.46. The van der Waals surface area contributed by atoms with Crippen LogP contribution in [0, 0.1) is 0 Å². The molecular weight excluding hydrogens is 266 g/mol. The number of hydrogen-bond donors (Lipinski definition) is 1. The summed E-state index contributed by atoms with van der Waals surface area (Å²) in [4.78, 5) is 8.76. The first-order chi connectivity index (χ1) is 9.82. The Morgan fingerprint density at radius 3 is 2.38 bits per heavy atom. The molecule has 1 aliphatic heterocycles. The molecular formula is C16H27N3O2. The van der Waals surface area contributed by atoms with Crippen LogP contribution in [-0.4, -0.2) is 33.8 Å². The Morgan fingerprint density at radius 1 is 1.19 bits per heavy atom. The van der Waals surface area contributed by atoms with Crippen molar-refractivity contribution < 1.29 is 9.47 Å². The number of ether oxygens (including phenoxy) is 2. The molecule has 2 heterocycles. The van der Waals surface area contributed by atoms with Crippen molar-refractivity contribution in [3.8, 4) is 5.88 Å². The van der Waals surface area contributed by atoms with Crippen molar-refractivity contribution in [2.45, 2.75) is 77.9 Å². The van der Waals surface area contributed by atoms with Gasteiger partial charge in [-0.1, -0.05) is 0 Å². The molecule has 1 aliphatic rings. The van der Waals surface area contributed by atoms with E-state index in [2.05, 4.69) is 49.9 Å². The van der Waals surface area contributed by atoms with Gasteiger partial charge in [-0.05, 0) is 34.6 Å². The lowest BCUT2D eigenvalue weighted by atomic mass is 10.0. The number of nitrogens with zero attached hydrogens (tertiary/aromatic N) is 2. The third kappa shape index (κ3) is 5.59. The maximum atomic E-state index is 5.92. The second kappa shape index (κ2) is 6.71. The topological polar surface area (TPSA) is 56.3 Å². The Labute approximate surface area is 127 Å². The van der Waals surface area contributed by atoms with Crippen molar-refractivity contribution >= 4 is 0 Å². The van der Waals surface area contributed by atoms with Gasteiger partial charge in [0, 0.05) is 24.9 Å². The van der Waals surface area contributed by atoms with Crippen LogP contribution in [0.1, 0.15) is 53.2 Å². The minimum atomic E-state index is 0.0746. The predicted octanol–water partition coefficient (Wildman–Crippen LogP) is 2.70. The van der Waals surface area contributed by atoms with E-state index in [4.69, 9.17) is 9.47 Å². The van der Waals surface area contributed by atoms with Crippen LogP contribution in [0.3, 0.4) is 0 Å². The van der Waals surface area contributed by atoms with E-state index >= 15 is 0 Å². The highest BCUT2D eigenvalue weighted by Gasteiger charge is 2.26.